The highest BCUT2D eigenvalue weighted by Gasteiger charge is 2.12. The zero-order valence-corrected chi connectivity index (χ0v) is 12.6. The normalized spacial score (nSPS) is 13.9. The average Bonchev–Trinajstić information content (AvgIpc) is 2.50. The molecule has 0 aromatic heterocycles. The van der Waals surface area contributed by atoms with E-state index >= 15 is 0 Å². The largest absolute Gasteiger partial charge is 0.387 e. The predicted molar refractivity (Wildman–Crippen MR) is 83.8 cm³/mol. The first-order chi connectivity index (χ1) is 10.1. The molecule has 0 bridgehead atoms. The Hall–Kier alpha value is -1.42. The van der Waals surface area contributed by atoms with Gasteiger partial charge in [0.1, 0.15) is 5.82 Å². The first kappa shape index (κ1) is 16.0. The molecule has 0 aliphatic rings. The number of rotatable bonds is 6. The van der Waals surface area contributed by atoms with Gasteiger partial charge in [0.25, 0.3) is 0 Å². The Morgan fingerprint density at radius 2 is 1.62 bits per heavy atom. The number of halogens is 2. The predicted octanol–water partition coefficient (Wildman–Crippen LogP) is 4.25. The summed E-state index contributed by atoms with van der Waals surface area (Å²) in [4.78, 5) is 0. The number of hydrogen-bond donors (Lipinski definition) is 2. The van der Waals surface area contributed by atoms with Crippen molar-refractivity contribution in [3.05, 3.63) is 70.5 Å². The maximum atomic E-state index is 13.0. The third kappa shape index (κ3) is 4.53. The van der Waals surface area contributed by atoms with Gasteiger partial charge in [-0.15, -0.1) is 0 Å². The first-order valence-corrected chi connectivity index (χ1v) is 7.40. The molecule has 2 rings (SSSR count). The van der Waals surface area contributed by atoms with Crippen LogP contribution in [0.5, 0.6) is 0 Å². The van der Waals surface area contributed by atoms with Crippen LogP contribution < -0.4 is 5.32 Å². The number of aliphatic hydroxyl groups is 1. The first-order valence-electron chi connectivity index (χ1n) is 7.02. The highest BCUT2D eigenvalue weighted by Crippen LogP contribution is 2.20. The minimum atomic E-state index is -0.600. The number of hydrogen-bond acceptors (Lipinski definition) is 2. The van der Waals surface area contributed by atoms with Crippen molar-refractivity contribution in [2.75, 3.05) is 6.54 Å². The smallest absolute Gasteiger partial charge is 0.123 e. The summed E-state index contributed by atoms with van der Waals surface area (Å²) < 4.78 is 13.0. The lowest BCUT2D eigenvalue weighted by Gasteiger charge is -2.20. The number of nitrogens with one attached hydrogen (secondary N) is 1. The van der Waals surface area contributed by atoms with Crippen LogP contribution in [0.25, 0.3) is 0 Å². The van der Waals surface area contributed by atoms with E-state index in [0.29, 0.717) is 11.6 Å². The maximum absolute atomic E-state index is 13.0. The molecule has 0 amide bonds. The van der Waals surface area contributed by atoms with Gasteiger partial charge in [0.2, 0.25) is 0 Å². The van der Waals surface area contributed by atoms with E-state index in [0.717, 1.165) is 17.5 Å². The van der Waals surface area contributed by atoms with E-state index in [1.165, 1.54) is 12.1 Å². The lowest BCUT2D eigenvalue weighted by Crippen LogP contribution is -2.26. The summed E-state index contributed by atoms with van der Waals surface area (Å²) in [5.74, 6) is -0.241. The highest BCUT2D eigenvalue weighted by molar-refractivity contribution is 6.30. The Kier molecular flexibility index (Phi) is 5.74. The fourth-order valence-electron chi connectivity index (χ4n) is 2.25. The molecule has 0 aliphatic carbocycles. The molecule has 2 atom stereocenters. The van der Waals surface area contributed by atoms with Crippen LogP contribution in [0.2, 0.25) is 5.02 Å². The Morgan fingerprint density at radius 3 is 2.19 bits per heavy atom. The summed E-state index contributed by atoms with van der Waals surface area (Å²) in [5, 5.41) is 14.1. The minimum absolute atomic E-state index is 0.0903. The molecule has 2 aromatic carbocycles. The van der Waals surface area contributed by atoms with Crippen LogP contribution >= 0.6 is 11.6 Å². The fourth-order valence-corrected chi connectivity index (χ4v) is 2.38. The molecule has 0 heterocycles. The molecule has 0 spiro atoms. The molecule has 0 saturated heterocycles. The highest BCUT2D eigenvalue weighted by atomic mass is 35.5. The van der Waals surface area contributed by atoms with Gasteiger partial charge in [-0.05, 0) is 41.8 Å². The third-order valence-corrected chi connectivity index (χ3v) is 3.74. The van der Waals surface area contributed by atoms with Gasteiger partial charge in [-0.3, -0.25) is 0 Å². The van der Waals surface area contributed by atoms with E-state index in [1.54, 1.807) is 24.3 Å². The van der Waals surface area contributed by atoms with E-state index in [1.807, 2.05) is 12.1 Å². The van der Waals surface area contributed by atoms with Crippen molar-refractivity contribution < 1.29 is 9.50 Å². The standard InChI is InChI=1S/C17H19ClFNO/c1-2-16(12-5-9-15(19)10-6-12)20-11-17(21)13-3-7-14(18)8-4-13/h3-10,16-17,20-21H,2,11H2,1H3/t16-,17+/m1/s1. The molecular formula is C17H19ClFNO. The quantitative estimate of drug-likeness (QED) is 0.836. The Bertz CT molecular complexity index is 556. The summed E-state index contributed by atoms with van der Waals surface area (Å²) in [5.41, 5.74) is 1.84. The molecule has 2 N–H and O–H groups in total. The second-order valence-electron chi connectivity index (χ2n) is 4.99. The molecule has 0 radical (unpaired) electrons. The fraction of sp³-hybridized carbons (Fsp3) is 0.294. The van der Waals surface area contributed by atoms with Crippen molar-refractivity contribution in [3.63, 3.8) is 0 Å². The number of aliphatic hydroxyl groups excluding tert-OH is 1. The van der Waals surface area contributed by atoms with E-state index < -0.39 is 6.10 Å². The SMILES string of the molecule is CC[C@@H](NC[C@H](O)c1ccc(Cl)cc1)c1ccc(F)cc1. The summed E-state index contributed by atoms with van der Waals surface area (Å²) >= 11 is 5.83. The van der Waals surface area contributed by atoms with Gasteiger partial charge in [0.05, 0.1) is 6.10 Å². The second-order valence-corrected chi connectivity index (χ2v) is 5.42. The van der Waals surface area contributed by atoms with Crippen molar-refractivity contribution in [2.45, 2.75) is 25.5 Å². The van der Waals surface area contributed by atoms with Crippen molar-refractivity contribution in [1.82, 2.24) is 5.32 Å². The lowest BCUT2D eigenvalue weighted by atomic mass is 10.0. The zero-order valence-electron chi connectivity index (χ0n) is 11.9. The molecule has 4 heteroatoms. The zero-order chi connectivity index (χ0) is 15.2. The molecule has 0 aliphatic heterocycles. The van der Waals surface area contributed by atoms with Gasteiger partial charge < -0.3 is 10.4 Å². The summed E-state index contributed by atoms with van der Waals surface area (Å²) in [6.07, 6.45) is 0.260. The molecule has 0 unspecified atom stereocenters. The molecular weight excluding hydrogens is 289 g/mol. The van der Waals surface area contributed by atoms with E-state index in [-0.39, 0.29) is 11.9 Å². The van der Waals surface area contributed by atoms with Gasteiger partial charge in [-0.2, -0.15) is 0 Å². The Morgan fingerprint density at radius 1 is 1.05 bits per heavy atom. The molecule has 112 valence electrons. The molecule has 0 saturated carbocycles. The molecule has 2 nitrogen and oxygen atoms in total. The summed E-state index contributed by atoms with van der Waals surface area (Å²) in [6, 6.07) is 13.7. The van der Waals surface area contributed by atoms with Crippen LogP contribution in [-0.2, 0) is 0 Å². The molecule has 21 heavy (non-hydrogen) atoms. The van der Waals surface area contributed by atoms with Crippen molar-refractivity contribution in [2.24, 2.45) is 0 Å². The van der Waals surface area contributed by atoms with Crippen LogP contribution in [0.15, 0.2) is 48.5 Å². The summed E-state index contributed by atoms with van der Waals surface area (Å²) in [6.45, 7) is 2.48. The molecule has 2 aromatic rings. The van der Waals surface area contributed by atoms with Crippen LogP contribution in [0.1, 0.15) is 36.6 Å². The maximum Gasteiger partial charge on any atom is 0.123 e. The van der Waals surface area contributed by atoms with Crippen LogP contribution in [0.4, 0.5) is 4.39 Å². The van der Waals surface area contributed by atoms with Crippen LogP contribution in [-0.4, -0.2) is 11.7 Å². The number of benzene rings is 2. The van der Waals surface area contributed by atoms with E-state index in [4.69, 9.17) is 11.6 Å². The van der Waals surface area contributed by atoms with E-state index in [2.05, 4.69) is 12.2 Å². The van der Waals surface area contributed by atoms with Crippen LogP contribution in [0.3, 0.4) is 0 Å². The van der Waals surface area contributed by atoms with Gasteiger partial charge in [0.15, 0.2) is 0 Å². The monoisotopic (exact) mass is 307 g/mol. The lowest BCUT2D eigenvalue weighted by molar-refractivity contribution is 0.169. The Balaban J connectivity index is 1.96. The average molecular weight is 308 g/mol. The van der Waals surface area contributed by atoms with Crippen molar-refractivity contribution in [1.29, 1.82) is 0 Å². The molecule has 0 fully saturated rings. The van der Waals surface area contributed by atoms with Crippen molar-refractivity contribution in [3.8, 4) is 0 Å². The van der Waals surface area contributed by atoms with E-state index in [9.17, 15) is 9.50 Å². The van der Waals surface area contributed by atoms with Crippen molar-refractivity contribution >= 4 is 11.6 Å². The summed E-state index contributed by atoms with van der Waals surface area (Å²) in [7, 11) is 0. The topological polar surface area (TPSA) is 32.3 Å². The van der Waals surface area contributed by atoms with Gasteiger partial charge in [0, 0.05) is 17.6 Å². The minimum Gasteiger partial charge on any atom is -0.387 e. The van der Waals surface area contributed by atoms with Gasteiger partial charge in [-0.1, -0.05) is 42.8 Å². The third-order valence-electron chi connectivity index (χ3n) is 3.49. The second kappa shape index (κ2) is 7.55. The van der Waals surface area contributed by atoms with Crippen LogP contribution in [0, 0.1) is 5.82 Å². The van der Waals surface area contributed by atoms with Gasteiger partial charge in [-0.25, -0.2) is 4.39 Å². The van der Waals surface area contributed by atoms with Gasteiger partial charge >= 0.3 is 0 Å². The Labute approximate surface area is 129 Å².